The van der Waals surface area contributed by atoms with Crippen LogP contribution < -0.4 is 0 Å². The normalized spacial score (nSPS) is 13.0. The maximum Gasteiger partial charge on any atom is 0.101 e. The summed E-state index contributed by atoms with van der Waals surface area (Å²) in [5, 5.41) is 8.94. The summed E-state index contributed by atoms with van der Waals surface area (Å²) in [5.41, 5.74) is -0.357. The van der Waals surface area contributed by atoms with Gasteiger partial charge in [-0.1, -0.05) is 11.8 Å². The Labute approximate surface area is 64.3 Å². The monoisotopic (exact) mass is 155 g/mol. The minimum atomic E-state index is -0.357. The van der Waals surface area contributed by atoms with Gasteiger partial charge in [0.05, 0.1) is 0 Å². The number of hydrogen-bond acceptors (Lipinski definition) is 3. The summed E-state index contributed by atoms with van der Waals surface area (Å²) in [4.78, 5) is 4.90. The molecule has 0 saturated carbocycles. The second-order valence-corrected chi connectivity index (χ2v) is 3.30. The Balaban J connectivity index is 2.59. The lowest BCUT2D eigenvalue weighted by Gasteiger charge is -2.01. The molecule has 0 fully saturated rings. The molecule has 3 heteroatoms. The van der Waals surface area contributed by atoms with Crippen molar-refractivity contribution in [3.05, 3.63) is 24.5 Å². The third-order valence-electron chi connectivity index (χ3n) is 0.941. The molecule has 0 radical (unpaired) electrons. The van der Waals surface area contributed by atoms with E-state index in [2.05, 4.69) is 4.98 Å². The number of aromatic nitrogens is 1. The standard InChI is InChI=1S/C7H9NOS/c1-6(9)10-7-3-2-4-8-5-7/h2-6,9H,1H3. The number of hydrogen-bond donors (Lipinski definition) is 1. The topological polar surface area (TPSA) is 33.1 Å². The van der Waals surface area contributed by atoms with Gasteiger partial charge in [-0.2, -0.15) is 0 Å². The number of aliphatic hydroxyl groups excluding tert-OH is 1. The fourth-order valence-corrected chi connectivity index (χ4v) is 1.29. The molecule has 0 saturated heterocycles. The molecule has 1 unspecified atom stereocenters. The van der Waals surface area contributed by atoms with Gasteiger partial charge in [0.25, 0.3) is 0 Å². The Morgan fingerprint density at radius 1 is 1.70 bits per heavy atom. The molecule has 1 N–H and O–H groups in total. The van der Waals surface area contributed by atoms with Crippen LogP contribution in [0.25, 0.3) is 0 Å². The highest BCUT2D eigenvalue weighted by Crippen LogP contribution is 2.19. The van der Waals surface area contributed by atoms with Crippen molar-refractivity contribution in [3.8, 4) is 0 Å². The van der Waals surface area contributed by atoms with Crippen LogP contribution >= 0.6 is 11.8 Å². The van der Waals surface area contributed by atoms with E-state index in [0.717, 1.165) is 4.90 Å². The molecule has 0 aliphatic rings. The Bertz CT molecular complexity index is 188. The molecule has 0 spiro atoms. The second-order valence-electron chi connectivity index (χ2n) is 1.91. The maximum atomic E-state index is 8.94. The van der Waals surface area contributed by atoms with E-state index in [4.69, 9.17) is 5.11 Å². The van der Waals surface area contributed by atoms with Crippen LogP contribution in [0.2, 0.25) is 0 Å². The summed E-state index contributed by atoms with van der Waals surface area (Å²) in [7, 11) is 0. The van der Waals surface area contributed by atoms with Gasteiger partial charge in [0.15, 0.2) is 0 Å². The number of pyridine rings is 1. The van der Waals surface area contributed by atoms with E-state index >= 15 is 0 Å². The van der Waals surface area contributed by atoms with Crippen LogP contribution in [0, 0.1) is 0 Å². The van der Waals surface area contributed by atoms with E-state index in [9.17, 15) is 0 Å². The van der Waals surface area contributed by atoms with Crippen molar-refractivity contribution in [1.82, 2.24) is 4.98 Å². The fourth-order valence-electron chi connectivity index (χ4n) is 0.614. The molecule has 1 aromatic rings. The predicted molar refractivity (Wildman–Crippen MR) is 41.8 cm³/mol. The van der Waals surface area contributed by atoms with Crippen molar-refractivity contribution in [2.45, 2.75) is 17.3 Å². The van der Waals surface area contributed by atoms with Crippen molar-refractivity contribution in [2.75, 3.05) is 0 Å². The zero-order valence-electron chi connectivity index (χ0n) is 5.69. The molecular weight excluding hydrogens is 146 g/mol. The summed E-state index contributed by atoms with van der Waals surface area (Å²) < 4.78 is 0. The van der Waals surface area contributed by atoms with Crippen LogP contribution in [0.1, 0.15) is 6.92 Å². The van der Waals surface area contributed by atoms with Gasteiger partial charge in [-0.15, -0.1) is 0 Å². The molecule has 1 aromatic heterocycles. The zero-order valence-corrected chi connectivity index (χ0v) is 6.51. The van der Waals surface area contributed by atoms with E-state index < -0.39 is 0 Å². The summed E-state index contributed by atoms with van der Waals surface area (Å²) in [6.07, 6.45) is 3.45. The van der Waals surface area contributed by atoms with Crippen LogP contribution in [0.4, 0.5) is 0 Å². The van der Waals surface area contributed by atoms with Gasteiger partial charge in [-0.05, 0) is 19.1 Å². The molecule has 0 bridgehead atoms. The first-order valence-electron chi connectivity index (χ1n) is 3.04. The highest BCUT2D eigenvalue weighted by molar-refractivity contribution is 7.99. The van der Waals surface area contributed by atoms with E-state index in [1.165, 1.54) is 11.8 Å². The van der Waals surface area contributed by atoms with Crippen LogP contribution in [0.15, 0.2) is 29.4 Å². The lowest BCUT2D eigenvalue weighted by Crippen LogP contribution is -1.90. The quantitative estimate of drug-likeness (QED) is 0.519. The van der Waals surface area contributed by atoms with Gasteiger partial charge in [0.1, 0.15) is 5.44 Å². The Hall–Kier alpha value is -0.540. The molecule has 1 heterocycles. The molecule has 54 valence electrons. The van der Waals surface area contributed by atoms with E-state index in [0.29, 0.717) is 0 Å². The van der Waals surface area contributed by atoms with Crippen LogP contribution in [0.5, 0.6) is 0 Å². The van der Waals surface area contributed by atoms with Gasteiger partial charge in [-0.25, -0.2) is 0 Å². The lowest BCUT2D eigenvalue weighted by atomic mass is 10.5. The number of rotatable bonds is 2. The maximum absolute atomic E-state index is 8.94. The largest absolute Gasteiger partial charge is 0.382 e. The van der Waals surface area contributed by atoms with E-state index in [1.54, 1.807) is 19.3 Å². The van der Waals surface area contributed by atoms with Crippen molar-refractivity contribution < 1.29 is 5.11 Å². The van der Waals surface area contributed by atoms with Gasteiger partial charge in [0, 0.05) is 17.3 Å². The van der Waals surface area contributed by atoms with E-state index in [1.807, 2.05) is 12.1 Å². The fraction of sp³-hybridized carbons (Fsp3) is 0.286. The minimum Gasteiger partial charge on any atom is -0.382 e. The van der Waals surface area contributed by atoms with Crippen LogP contribution in [-0.2, 0) is 0 Å². The lowest BCUT2D eigenvalue weighted by molar-refractivity contribution is 0.284. The molecule has 0 aromatic carbocycles. The molecular formula is C7H9NOS. The summed E-state index contributed by atoms with van der Waals surface area (Å²) >= 11 is 1.39. The van der Waals surface area contributed by atoms with Gasteiger partial charge >= 0.3 is 0 Å². The second kappa shape index (κ2) is 3.58. The Morgan fingerprint density at radius 2 is 2.50 bits per heavy atom. The Morgan fingerprint density at radius 3 is 3.00 bits per heavy atom. The number of thioether (sulfide) groups is 1. The zero-order chi connectivity index (χ0) is 7.40. The molecule has 2 nitrogen and oxygen atoms in total. The first-order chi connectivity index (χ1) is 4.79. The van der Waals surface area contributed by atoms with Gasteiger partial charge < -0.3 is 5.11 Å². The Kier molecular flexibility index (Phi) is 2.71. The molecule has 10 heavy (non-hydrogen) atoms. The van der Waals surface area contributed by atoms with Gasteiger partial charge in [0.2, 0.25) is 0 Å². The summed E-state index contributed by atoms with van der Waals surface area (Å²) in [5.74, 6) is 0. The van der Waals surface area contributed by atoms with Crippen molar-refractivity contribution in [1.29, 1.82) is 0 Å². The molecule has 1 atom stereocenters. The van der Waals surface area contributed by atoms with E-state index in [-0.39, 0.29) is 5.44 Å². The van der Waals surface area contributed by atoms with Crippen molar-refractivity contribution in [3.63, 3.8) is 0 Å². The van der Waals surface area contributed by atoms with Crippen LogP contribution in [0.3, 0.4) is 0 Å². The highest BCUT2D eigenvalue weighted by Gasteiger charge is 1.96. The third-order valence-corrected chi connectivity index (χ3v) is 1.80. The number of nitrogens with zero attached hydrogens (tertiary/aromatic N) is 1. The minimum absolute atomic E-state index is 0.357. The first kappa shape index (κ1) is 7.57. The molecule has 0 aliphatic heterocycles. The highest BCUT2D eigenvalue weighted by atomic mass is 32.2. The predicted octanol–water partition coefficient (Wildman–Crippen LogP) is 1.51. The first-order valence-corrected chi connectivity index (χ1v) is 3.92. The summed E-state index contributed by atoms with van der Waals surface area (Å²) in [6.45, 7) is 1.73. The van der Waals surface area contributed by atoms with Gasteiger partial charge in [-0.3, -0.25) is 4.98 Å². The summed E-state index contributed by atoms with van der Waals surface area (Å²) in [6, 6.07) is 3.77. The average Bonchev–Trinajstić information content (AvgIpc) is 1.88. The smallest absolute Gasteiger partial charge is 0.101 e. The SMILES string of the molecule is CC(O)Sc1cccnc1. The number of aliphatic hydroxyl groups is 1. The van der Waals surface area contributed by atoms with Crippen molar-refractivity contribution >= 4 is 11.8 Å². The molecule has 0 amide bonds. The van der Waals surface area contributed by atoms with Crippen LogP contribution in [-0.4, -0.2) is 15.5 Å². The third kappa shape index (κ3) is 2.37. The average molecular weight is 155 g/mol. The van der Waals surface area contributed by atoms with Crippen molar-refractivity contribution in [2.24, 2.45) is 0 Å². The molecule has 0 aliphatic carbocycles. The molecule has 1 rings (SSSR count).